The van der Waals surface area contributed by atoms with Crippen molar-refractivity contribution in [3.63, 3.8) is 0 Å². The summed E-state index contributed by atoms with van der Waals surface area (Å²) < 4.78 is 0. The second-order valence-electron chi connectivity index (χ2n) is 5.28. The van der Waals surface area contributed by atoms with Gasteiger partial charge in [-0.05, 0) is 55.9 Å². The maximum Gasteiger partial charge on any atom is 0.0827 e. The summed E-state index contributed by atoms with van der Waals surface area (Å²) in [5, 5.41) is 11.5. The highest BCUT2D eigenvalue weighted by Gasteiger charge is 2.12. The molecule has 2 heteroatoms. The van der Waals surface area contributed by atoms with Crippen LogP contribution in [0.1, 0.15) is 43.8 Å². The van der Waals surface area contributed by atoms with Crippen LogP contribution in [-0.4, -0.2) is 10.1 Å². The molecule has 1 atom stereocenters. The van der Waals surface area contributed by atoms with E-state index in [1.54, 1.807) is 6.20 Å². The van der Waals surface area contributed by atoms with Crippen LogP contribution in [0, 0.1) is 0 Å². The van der Waals surface area contributed by atoms with Crippen molar-refractivity contribution >= 4 is 10.9 Å². The molecule has 3 rings (SSSR count). The second kappa shape index (κ2) is 5.54. The first kappa shape index (κ1) is 12.4. The lowest BCUT2D eigenvalue weighted by atomic mass is 9.92. The van der Waals surface area contributed by atoms with Crippen molar-refractivity contribution in [2.45, 2.75) is 38.2 Å². The molecule has 2 nitrogen and oxygen atoms in total. The number of rotatable bonds is 3. The molecule has 19 heavy (non-hydrogen) atoms. The van der Waals surface area contributed by atoms with E-state index in [0.29, 0.717) is 0 Å². The van der Waals surface area contributed by atoms with Gasteiger partial charge in [0.1, 0.15) is 0 Å². The zero-order valence-electron chi connectivity index (χ0n) is 11.0. The van der Waals surface area contributed by atoms with Crippen molar-refractivity contribution < 1.29 is 5.11 Å². The maximum absolute atomic E-state index is 10.4. The summed E-state index contributed by atoms with van der Waals surface area (Å²) >= 11 is 0. The molecule has 0 saturated heterocycles. The Morgan fingerprint density at radius 1 is 1.21 bits per heavy atom. The van der Waals surface area contributed by atoms with Crippen molar-refractivity contribution in [1.29, 1.82) is 0 Å². The number of nitrogens with zero attached hydrogens (tertiary/aromatic N) is 1. The number of aliphatic hydroxyl groups is 1. The molecule has 0 spiro atoms. The molecule has 0 amide bonds. The minimum absolute atomic E-state index is 0.394. The molecule has 1 aromatic carbocycles. The Balaban J connectivity index is 1.80. The Morgan fingerprint density at radius 2 is 2.16 bits per heavy atom. The zero-order valence-corrected chi connectivity index (χ0v) is 11.0. The third-order valence-corrected chi connectivity index (χ3v) is 3.85. The van der Waals surface area contributed by atoms with Crippen molar-refractivity contribution in [3.8, 4) is 0 Å². The third kappa shape index (κ3) is 2.85. The third-order valence-electron chi connectivity index (χ3n) is 3.85. The summed E-state index contributed by atoms with van der Waals surface area (Å²) in [5.74, 6) is 0. The highest BCUT2D eigenvalue weighted by molar-refractivity contribution is 5.79. The highest BCUT2D eigenvalue weighted by Crippen LogP contribution is 2.28. The number of hydrogen-bond donors (Lipinski definition) is 1. The minimum atomic E-state index is -0.394. The quantitative estimate of drug-likeness (QED) is 0.833. The number of benzene rings is 1. The molecule has 1 heterocycles. The summed E-state index contributed by atoms with van der Waals surface area (Å²) in [7, 11) is 0. The summed E-state index contributed by atoms with van der Waals surface area (Å²) in [6.07, 6.45) is 9.35. The van der Waals surface area contributed by atoms with Crippen LogP contribution >= 0.6 is 0 Å². The van der Waals surface area contributed by atoms with Gasteiger partial charge in [0.05, 0.1) is 11.6 Å². The first-order chi connectivity index (χ1) is 9.33. The van der Waals surface area contributed by atoms with Gasteiger partial charge in [-0.3, -0.25) is 4.98 Å². The molecule has 1 aliphatic carbocycles. The lowest BCUT2D eigenvalue weighted by Crippen LogP contribution is -2.02. The van der Waals surface area contributed by atoms with Gasteiger partial charge in [0, 0.05) is 11.6 Å². The van der Waals surface area contributed by atoms with Crippen LogP contribution in [0.15, 0.2) is 48.2 Å². The average molecular weight is 253 g/mol. The van der Waals surface area contributed by atoms with Crippen LogP contribution < -0.4 is 0 Å². The van der Waals surface area contributed by atoms with E-state index in [2.05, 4.69) is 17.1 Å². The molecule has 1 unspecified atom stereocenters. The van der Waals surface area contributed by atoms with Gasteiger partial charge in [0.15, 0.2) is 0 Å². The van der Waals surface area contributed by atoms with Gasteiger partial charge in [-0.1, -0.05) is 23.8 Å². The Kier molecular flexibility index (Phi) is 3.60. The van der Waals surface area contributed by atoms with E-state index in [9.17, 15) is 5.11 Å². The predicted molar refractivity (Wildman–Crippen MR) is 77.9 cm³/mol. The van der Waals surface area contributed by atoms with Crippen LogP contribution in [0.25, 0.3) is 10.9 Å². The molecule has 0 radical (unpaired) electrons. The lowest BCUT2D eigenvalue weighted by Gasteiger charge is -2.17. The van der Waals surface area contributed by atoms with Crippen LogP contribution in [0.2, 0.25) is 0 Å². The van der Waals surface area contributed by atoms with E-state index < -0.39 is 6.10 Å². The molecule has 1 N–H and O–H groups in total. The monoisotopic (exact) mass is 253 g/mol. The highest BCUT2D eigenvalue weighted by atomic mass is 16.3. The van der Waals surface area contributed by atoms with Crippen molar-refractivity contribution in [3.05, 3.63) is 53.7 Å². The number of aliphatic hydroxyl groups excluding tert-OH is 1. The molecule has 0 aliphatic heterocycles. The SMILES string of the molecule is OC(CC1=CCCCC1)c1ccc2ncccc2c1. The van der Waals surface area contributed by atoms with Gasteiger partial charge in [0.25, 0.3) is 0 Å². The van der Waals surface area contributed by atoms with E-state index in [4.69, 9.17) is 0 Å². The number of hydrogen-bond acceptors (Lipinski definition) is 2. The normalized spacial score (nSPS) is 17.2. The molecular weight excluding hydrogens is 234 g/mol. The summed E-state index contributed by atoms with van der Waals surface area (Å²) in [6, 6.07) is 10.0. The molecule has 1 aliphatic rings. The van der Waals surface area contributed by atoms with Gasteiger partial charge in [-0.25, -0.2) is 0 Å². The van der Waals surface area contributed by atoms with E-state index in [0.717, 1.165) is 29.3 Å². The first-order valence-corrected chi connectivity index (χ1v) is 7.03. The van der Waals surface area contributed by atoms with Crippen LogP contribution in [0.3, 0.4) is 0 Å². The topological polar surface area (TPSA) is 33.1 Å². The molecule has 2 aromatic rings. The van der Waals surface area contributed by atoms with Gasteiger partial charge < -0.3 is 5.11 Å². The fourth-order valence-electron chi connectivity index (χ4n) is 2.76. The zero-order chi connectivity index (χ0) is 13.1. The number of aromatic nitrogens is 1. The van der Waals surface area contributed by atoms with E-state index >= 15 is 0 Å². The van der Waals surface area contributed by atoms with Gasteiger partial charge in [0.2, 0.25) is 0 Å². The molecule has 1 aromatic heterocycles. The molecule has 98 valence electrons. The minimum Gasteiger partial charge on any atom is -0.388 e. The Hall–Kier alpha value is -1.67. The van der Waals surface area contributed by atoms with Crippen molar-refractivity contribution in [1.82, 2.24) is 4.98 Å². The number of allylic oxidation sites excluding steroid dienone is 1. The average Bonchev–Trinajstić information content (AvgIpc) is 2.48. The van der Waals surface area contributed by atoms with E-state index in [1.807, 2.05) is 24.3 Å². The predicted octanol–water partition coefficient (Wildman–Crippen LogP) is 4.16. The largest absolute Gasteiger partial charge is 0.388 e. The molecular formula is C17H19NO. The maximum atomic E-state index is 10.4. The van der Waals surface area contributed by atoms with Crippen molar-refractivity contribution in [2.24, 2.45) is 0 Å². The lowest BCUT2D eigenvalue weighted by molar-refractivity contribution is 0.176. The standard InChI is InChI=1S/C17H19NO/c19-17(11-13-5-2-1-3-6-13)15-8-9-16-14(12-15)7-4-10-18-16/h4-5,7-10,12,17,19H,1-3,6,11H2. The fourth-order valence-corrected chi connectivity index (χ4v) is 2.76. The van der Waals surface area contributed by atoms with Crippen LogP contribution in [0.5, 0.6) is 0 Å². The Bertz CT molecular complexity index is 603. The number of fused-ring (bicyclic) bond motifs is 1. The molecule has 0 saturated carbocycles. The fraction of sp³-hybridized carbons (Fsp3) is 0.353. The summed E-state index contributed by atoms with van der Waals surface area (Å²) in [4.78, 5) is 4.30. The van der Waals surface area contributed by atoms with Gasteiger partial charge >= 0.3 is 0 Å². The van der Waals surface area contributed by atoms with E-state index in [-0.39, 0.29) is 0 Å². The second-order valence-corrected chi connectivity index (χ2v) is 5.28. The Labute approximate surface area is 113 Å². The van der Waals surface area contributed by atoms with Gasteiger partial charge in [-0.2, -0.15) is 0 Å². The van der Waals surface area contributed by atoms with E-state index in [1.165, 1.54) is 24.8 Å². The molecule has 0 bridgehead atoms. The van der Waals surface area contributed by atoms with Crippen LogP contribution in [-0.2, 0) is 0 Å². The Morgan fingerprint density at radius 3 is 3.00 bits per heavy atom. The van der Waals surface area contributed by atoms with Crippen LogP contribution in [0.4, 0.5) is 0 Å². The summed E-state index contributed by atoms with van der Waals surface area (Å²) in [5.41, 5.74) is 3.38. The molecule has 0 fully saturated rings. The van der Waals surface area contributed by atoms with Gasteiger partial charge in [-0.15, -0.1) is 0 Å². The summed E-state index contributed by atoms with van der Waals surface area (Å²) in [6.45, 7) is 0. The first-order valence-electron chi connectivity index (χ1n) is 7.03. The number of pyridine rings is 1. The van der Waals surface area contributed by atoms with Crippen molar-refractivity contribution in [2.75, 3.05) is 0 Å². The smallest absolute Gasteiger partial charge is 0.0827 e.